The first-order valence-electron chi connectivity index (χ1n) is 6.33. The van der Waals surface area contributed by atoms with E-state index < -0.39 is 10.0 Å². The highest BCUT2D eigenvalue weighted by Crippen LogP contribution is 2.22. The molecule has 0 aliphatic carbocycles. The molecule has 1 N–H and O–H groups in total. The van der Waals surface area contributed by atoms with Crippen LogP contribution in [-0.4, -0.2) is 28.4 Å². The van der Waals surface area contributed by atoms with Gasteiger partial charge in [0.05, 0.1) is 10.6 Å². The van der Waals surface area contributed by atoms with E-state index in [-0.39, 0.29) is 10.8 Å². The van der Waals surface area contributed by atoms with Crippen LogP contribution in [0.2, 0.25) is 0 Å². The number of hydrogen-bond donors (Lipinski definition) is 1. The summed E-state index contributed by atoms with van der Waals surface area (Å²) in [5.74, 6) is -0.325. The summed E-state index contributed by atoms with van der Waals surface area (Å²) in [5, 5.41) is 2.47. The fourth-order valence-electron chi connectivity index (χ4n) is 1.88. The summed E-state index contributed by atoms with van der Waals surface area (Å²) in [6, 6.07) is 14.7. The smallest absolute Gasteiger partial charge is 0.264 e. The van der Waals surface area contributed by atoms with Gasteiger partial charge in [-0.05, 0) is 30.3 Å². The number of anilines is 1. The van der Waals surface area contributed by atoms with Crippen LogP contribution in [0.5, 0.6) is 0 Å². The molecule has 0 spiro atoms. The van der Waals surface area contributed by atoms with Crippen LogP contribution in [0.25, 0.3) is 0 Å². The molecule has 2 rings (SSSR count). The molecule has 2 aromatic carbocycles. The molecule has 1 amide bonds. The molecule has 0 heterocycles. The Morgan fingerprint density at radius 2 is 1.71 bits per heavy atom. The summed E-state index contributed by atoms with van der Waals surface area (Å²) < 4.78 is 26.4. The third-order valence-electron chi connectivity index (χ3n) is 3.10. The third kappa shape index (κ3) is 3.05. The quantitative estimate of drug-likeness (QED) is 0.937. The standard InChI is InChI=1S/C15H16N2O3S/c1-16-15(18)12-7-6-10-14(11-12)21(19,20)17(2)13-8-4-3-5-9-13/h3-11H,1-2H3,(H,16,18). The van der Waals surface area contributed by atoms with E-state index in [2.05, 4.69) is 5.32 Å². The van der Waals surface area contributed by atoms with Crippen molar-refractivity contribution in [3.05, 3.63) is 60.2 Å². The Kier molecular flexibility index (Phi) is 4.28. The van der Waals surface area contributed by atoms with Crippen molar-refractivity contribution in [3.63, 3.8) is 0 Å². The number of nitrogens with zero attached hydrogens (tertiary/aromatic N) is 1. The van der Waals surface area contributed by atoms with Crippen molar-refractivity contribution >= 4 is 21.6 Å². The SMILES string of the molecule is CNC(=O)c1cccc(S(=O)(=O)N(C)c2ccccc2)c1. The summed E-state index contributed by atoms with van der Waals surface area (Å²) in [4.78, 5) is 11.7. The summed E-state index contributed by atoms with van der Waals surface area (Å²) in [5.41, 5.74) is 0.864. The minimum Gasteiger partial charge on any atom is -0.355 e. The number of benzene rings is 2. The Morgan fingerprint density at radius 3 is 2.33 bits per heavy atom. The van der Waals surface area contributed by atoms with Gasteiger partial charge in [-0.2, -0.15) is 0 Å². The van der Waals surface area contributed by atoms with Crippen molar-refractivity contribution < 1.29 is 13.2 Å². The lowest BCUT2D eigenvalue weighted by Gasteiger charge is -2.19. The molecule has 5 nitrogen and oxygen atoms in total. The van der Waals surface area contributed by atoms with Crippen LogP contribution >= 0.6 is 0 Å². The zero-order valence-electron chi connectivity index (χ0n) is 11.8. The van der Waals surface area contributed by atoms with E-state index in [1.165, 1.54) is 30.5 Å². The first kappa shape index (κ1) is 15.1. The van der Waals surface area contributed by atoms with Gasteiger partial charge in [-0.25, -0.2) is 8.42 Å². The molecule has 0 saturated heterocycles. The number of sulfonamides is 1. The number of carbonyl (C=O) groups is 1. The van der Waals surface area contributed by atoms with E-state index in [4.69, 9.17) is 0 Å². The maximum Gasteiger partial charge on any atom is 0.264 e. The van der Waals surface area contributed by atoms with Crippen molar-refractivity contribution in [2.75, 3.05) is 18.4 Å². The number of para-hydroxylation sites is 1. The Morgan fingerprint density at radius 1 is 1.05 bits per heavy atom. The Hall–Kier alpha value is -2.34. The molecule has 0 radical (unpaired) electrons. The minimum absolute atomic E-state index is 0.0787. The van der Waals surface area contributed by atoms with Crippen LogP contribution in [-0.2, 0) is 10.0 Å². The average Bonchev–Trinajstić information content (AvgIpc) is 2.54. The van der Waals surface area contributed by atoms with Gasteiger partial charge in [-0.3, -0.25) is 9.10 Å². The predicted octanol–water partition coefficient (Wildman–Crippen LogP) is 1.87. The lowest BCUT2D eigenvalue weighted by molar-refractivity contribution is 0.0963. The number of nitrogens with one attached hydrogen (secondary N) is 1. The van der Waals surface area contributed by atoms with Gasteiger partial charge < -0.3 is 5.32 Å². The monoisotopic (exact) mass is 304 g/mol. The third-order valence-corrected chi connectivity index (χ3v) is 4.88. The summed E-state index contributed by atoms with van der Waals surface area (Å²) in [7, 11) is -0.720. The van der Waals surface area contributed by atoms with Crippen LogP contribution < -0.4 is 9.62 Å². The fourth-order valence-corrected chi connectivity index (χ4v) is 3.12. The van der Waals surface area contributed by atoms with E-state index in [0.29, 0.717) is 11.3 Å². The lowest BCUT2D eigenvalue weighted by Crippen LogP contribution is -2.27. The zero-order valence-corrected chi connectivity index (χ0v) is 12.6. The molecule has 0 bridgehead atoms. The van der Waals surface area contributed by atoms with E-state index in [0.717, 1.165) is 0 Å². The van der Waals surface area contributed by atoms with Gasteiger partial charge in [-0.1, -0.05) is 24.3 Å². The van der Waals surface area contributed by atoms with Gasteiger partial charge in [0.15, 0.2) is 0 Å². The van der Waals surface area contributed by atoms with Gasteiger partial charge in [-0.15, -0.1) is 0 Å². The van der Waals surface area contributed by atoms with Crippen LogP contribution in [0.4, 0.5) is 5.69 Å². The number of carbonyl (C=O) groups excluding carboxylic acids is 1. The molecule has 21 heavy (non-hydrogen) atoms. The maximum atomic E-state index is 12.6. The van der Waals surface area contributed by atoms with Crippen LogP contribution in [0.3, 0.4) is 0 Å². The Bertz CT molecular complexity index is 743. The van der Waals surface area contributed by atoms with E-state index in [1.54, 1.807) is 36.4 Å². The molecular weight excluding hydrogens is 288 g/mol. The van der Waals surface area contributed by atoms with E-state index in [1.807, 2.05) is 6.07 Å². The van der Waals surface area contributed by atoms with Gasteiger partial charge >= 0.3 is 0 Å². The first-order chi connectivity index (χ1) is 9.96. The predicted molar refractivity (Wildman–Crippen MR) is 81.9 cm³/mol. The molecule has 0 aliphatic heterocycles. The average molecular weight is 304 g/mol. The molecule has 0 atom stereocenters. The molecule has 0 saturated carbocycles. The molecule has 110 valence electrons. The molecule has 0 aliphatic rings. The van der Waals surface area contributed by atoms with E-state index >= 15 is 0 Å². The normalized spacial score (nSPS) is 11.0. The lowest BCUT2D eigenvalue weighted by atomic mass is 10.2. The second-order valence-corrected chi connectivity index (χ2v) is 6.38. The van der Waals surface area contributed by atoms with Crippen molar-refractivity contribution in [1.82, 2.24) is 5.32 Å². The van der Waals surface area contributed by atoms with Crippen LogP contribution in [0.15, 0.2) is 59.5 Å². The Labute approximate surface area is 124 Å². The van der Waals surface area contributed by atoms with Gasteiger partial charge in [0.1, 0.15) is 0 Å². The van der Waals surface area contributed by atoms with Crippen molar-refractivity contribution in [1.29, 1.82) is 0 Å². The summed E-state index contributed by atoms with van der Waals surface area (Å²) in [6.07, 6.45) is 0. The number of amides is 1. The molecule has 2 aromatic rings. The van der Waals surface area contributed by atoms with Crippen molar-refractivity contribution in [3.8, 4) is 0 Å². The van der Waals surface area contributed by atoms with Crippen LogP contribution in [0, 0.1) is 0 Å². The molecule has 0 aromatic heterocycles. The highest BCUT2D eigenvalue weighted by Gasteiger charge is 2.22. The van der Waals surface area contributed by atoms with Gasteiger partial charge in [0.2, 0.25) is 0 Å². The molecule has 6 heteroatoms. The van der Waals surface area contributed by atoms with Crippen LogP contribution in [0.1, 0.15) is 10.4 Å². The molecule has 0 unspecified atom stereocenters. The highest BCUT2D eigenvalue weighted by atomic mass is 32.2. The highest BCUT2D eigenvalue weighted by molar-refractivity contribution is 7.92. The van der Waals surface area contributed by atoms with Gasteiger partial charge in [0, 0.05) is 19.7 Å². The molecule has 0 fully saturated rings. The second-order valence-electron chi connectivity index (χ2n) is 4.42. The zero-order chi connectivity index (χ0) is 15.5. The summed E-state index contributed by atoms with van der Waals surface area (Å²) >= 11 is 0. The summed E-state index contributed by atoms with van der Waals surface area (Å²) in [6.45, 7) is 0. The van der Waals surface area contributed by atoms with Gasteiger partial charge in [0.25, 0.3) is 15.9 Å². The van der Waals surface area contributed by atoms with Crippen molar-refractivity contribution in [2.24, 2.45) is 0 Å². The molecular formula is C15H16N2O3S. The topological polar surface area (TPSA) is 66.5 Å². The number of hydrogen-bond acceptors (Lipinski definition) is 3. The fraction of sp³-hybridized carbons (Fsp3) is 0.133. The first-order valence-corrected chi connectivity index (χ1v) is 7.77. The second kappa shape index (κ2) is 5.97. The Balaban J connectivity index is 2.43. The number of rotatable bonds is 4. The minimum atomic E-state index is -3.70. The van der Waals surface area contributed by atoms with Crippen molar-refractivity contribution in [2.45, 2.75) is 4.90 Å². The largest absolute Gasteiger partial charge is 0.355 e. The van der Waals surface area contributed by atoms with E-state index in [9.17, 15) is 13.2 Å². The maximum absolute atomic E-state index is 12.6.